The quantitative estimate of drug-likeness (QED) is 0.109. The van der Waals surface area contributed by atoms with Crippen LogP contribution < -0.4 is 11.1 Å². The summed E-state index contributed by atoms with van der Waals surface area (Å²) in [6.07, 6.45) is 2.21. The van der Waals surface area contributed by atoms with Gasteiger partial charge in [-0.15, -0.1) is 40.0 Å². The molecule has 2 aliphatic heterocycles. The van der Waals surface area contributed by atoms with E-state index in [0.717, 1.165) is 11.3 Å². The molecule has 2 fully saturated rings. The number of nitrogens with one attached hydrogen (secondary N) is 2. The van der Waals surface area contributed by atoms with Gasteiger partial charge in [-0.2, -0.15) is 10.3 Å². The number of nitrogens with two attached hydrogens (primary N) is 1. The molecule has 2 saturated heterocycles. The van der Waals surface area contributed by atoms with Crippen LogP contribution in [0.4, 0.5) is 5.13 Å². The standard InChI is InChI=1S/C18H22N8O5S3/c1-2-3-31-24-11(9-5-32-17(19)21-9)13(27)22-12-14(28)26-6-18(16(29)30,8-34-15(12)26)7-33-10-4-20-25-23-10/h4-5,12,15H,2-3,6-8H2,1H3,(H2,19,21)(H,22,27)(H,29,30)(H,20,23,25)/t12?,15-,18?/m1/s1. The van der Waals surface area contributed by atoms with Gasteiger partial charge in [-0.3, -0.25) is 14.4 Å². The van der Waals surface area contributed by atoms with E-state index in [1.807, 2.05) is 6.92 Å². The summed E-state index contributed by atoms with van der Waals surface area (Å²) in [4.78, 5) is 48.7. The van der Waals surface area contributed by atoms with Crippen molar-refractivity contribution in [1.82, 2.24) is 30.6 Å². The van der Waals surface area contributed by atoms with Crippen molar-refractivity contribution in [2.75, 3.05) is 30.4 Å². The van der Waals surface area contributed by atoms with E-state index in [1.54, 1.807) is 5.38 Å². The minimum atomic E-state index is -1.14. The number of carboxylic acid groups (broad SMARTS) is 1. The number of carbonyl (C=O) groups excluding carboxylic acids is 2. The molecule has 0 aliphatic carbocycles. The van der Waals surface area contributed by atoms with Crippen LogP contribution in [0.3, 0.4) is 0 Å². The minimum absolute atomic E-state index is 0.0409. The molecule has 0 saturated carbocycles. The molecular weight excluding hydrogens is 504 g/mol. The Morgan fingerprint density at radius 3 is 3.00 bits per heavy atom. The lowest BCUT2D eigenvalue weighted by Gasteiger charge is -2.53. The summed E-state index contributed by atoms with van der Waals surface area (Å²) >= 11 is 3.74. The van der Waals surface area contributed by atoms with Gasteiger partial charge in [0.1, 0.15) is 34.2 Å². The Morgan fingerprint density at radius 1 is 1.53 bits per heavy atom. The second kappa shape index (κ2) is 10.2. The fraction of sp³-hybridized carbons (Fsp3) is 0.500. The number of thiazole rings is 1. The summed E-state index contributed by atoms with van der Waals surface area (Å²) in [7, 11) is 0. The average Bonchev–Trinajstić information content (AvgIpc) is 3.50. The zero-order valence-electron chi connectivity index (χ0n) is 18.0. The van der Waals surface area contributed by atoms with E-state index >= 15 is 0 Å². The summed E-state index contributed by atoms with van der Waals surface area (Å²) in [5, 5.41) is 28.7. The first kappa shape index (κ1) is 24.3. The molecule has 2 aromatic rings. The number of nitrogens with zero attached hydrogens (tertiary/aromatic N) is 5. The van der Waals surface area contributed by atoms with Gasteiger partial charge in [-0.25, -0.2) is 4.98 Å². The molecule has 2 aromatic heterocycles. The van der Waals surface area contributed by atoms with Gasteiger partial charge >= 0.3 is 5.97 Å². The van der Waals surface area contributed by atoms with Crippen LogP contribution in [0.25, 0.3) is 0 Å². The maximum Gasteiger partial charge on any atom is 0.313 e. The third-order valence-electron chi connectivity index (χ3n) is 5.21. The molecule has 0 spiro atoms. The maximum absolute atomic E-state index is 12.9. The van der Waals surface area contributed by atoms with Crippen molar-refractivity contribution in [3.8, 4) is 0 Å². The summed E-state index contributed by atoms with van der Waals surface area (Å²) < 4.78 is 0. The maximum atomic E-state index is 12.9. The SMILES string of the molecule is CCCON=C(C(=O)NC1C(=O)N2CC(CSc3cn[nH]n3)(C(=O)O)CS[C@H]12)c1csc(N)n1. The molecular formula is C18H22N8O5S3. The highest BCUT2D eigenvalue weighted by Gasteiger charge is 2.57. The molecule has 5 N–H and O–H groups in total. The van der Waals surface area contributed by atoms with Crippen LogP contribution in [0.5, 0.6) is 0 Å². The highest BCUT2D eigenvalue weighted by atomic mass is 32.2. The van der Waals surface area contributed by atoms with Crippen molar-refractivity contribution in [2.24, 2.45) is 10.6 Å². The molecule has 2 amide bonds. The van der Waals surface area contributed by atoms with Crippen LogP contribution in [0, 0.1) is 5.41 Å². The number of carbonyl (C=O) groups is 3. The van der Waals surface area contributed by atoms with Gasteiger partial charge in [-0.1, -0.05) is 12.1 Å². The molecule has 13 nitrogen and oxygen atoms in total. The molecule has 0 bridgehead atoms. The highest BCUT2D eigenvalue weighted by Crippen LogP contribution is 2.44. The van der Waals surface area contributed by atoms with E-state index in [1.165, 1.54) is 34.6 Å². The highest BCUT2D eigenvalue weighted by molar-refractivity contribution is 8.00. The fourth-order valence-corrected chi connectivity index (χ4v) is 6.58. The van der Waals surface area contributed by atoms with Gasteiger partial charge < -0.3 is 25.9 Å². The summed E-state index contributed by atoms with van der Waals surface area (Å²) in [6.45, 7) is 2.26. The number of aromatic amines is 1. The minimum Gasteiger partial charge on any atom is -0.481 e. The normalized spacial score (nSPS) is 24.3. The molecule has 34 heavy (non-hydrogen) atoms. The van der Waals surface area contributed by atoms with E-state index in [-0.39, 0.29) is 45.9 Å². The topological polar surface area (TPSA) is 189 Å². The lowest BCUT2D eigenvalue weighted by atomic mass is 9.89. The van der Waals surface area contributed by atoms with Gasteiger partial charge in [0, 0.05) is 23.4 Å². The number of hydrogen-bond donors (Lipinski definition) is 4. The number of fused-ring (bicyclic) bond motifs is 1. The number of oxime groups is 1. The summed E-state index contributed by atoms with van der Waals surface area (Å²) in [5.41, 5.74) is 4.72. The molecule has 4 rings (SSSR count). The third kappa shape index (κ3) is 4.83. The van der Waals surface area contributed by atoms with Crippen molar-refractivity contribution in [3.05, 3.63) is 17.3 Å². The lowest BCUT2D eigenvalue weighted by molar-refractivity contribution is -0.157. The number of carboxylic acids is 1. The number of β-lactam (4-membered cyclic amide) rings is 1. The number of aromatic nitrogens is 4. The summed E-state index contributed by atoms with van der Waals surface area (Å²) in [6, 6.07) is -0.806. The largest absolute Gasteiger partial charge is 0.481 e. The molecule has 3 atom stereocenters. The van der Waals surface area contributed by atoms with E-state index < -0.39 is 23.3 Å². The van der Waals surface area contributed by atoms with Crippen molar-refractivity contribution in [1.29, 1.82) is 0 Å². The molecule has 0 radical (unpaired) electrons. The van der Waals surface area contributed by atoms with E-state index in [2.05, 4.69) is 30.9 Å². The summed E-state index contributed by atoms with van der Waals surface area (Å²) in [5.74, 6) is -1.45. The number of thioether (sulfide) groups is 2. The first-order chi connectivity index (χ1) is 16.3. The number of H-pyrrole nitrogens is 1. The molecule has 182 valence electrons. The predicted octanol–water partition coefficient (Wildman–Crippen LogP) is 0.237. The van der Waals surface area contributed by atoms with Crippen LogP contribution in [0.2, 0.25) is 0 Å². The van der Waals surface area contributed by atoms with Gasteiger partial charge in [0.05, 0.1) is 6.20 Å². The Bertz CT molecular complexity index is 1090. The van der Waals surface area contributed by atoms with E-state index in [9.17, 15) is 19.5 Å². The van der Waals surface area contributed by atoms with Crippen LogP contribution >= 0.6 is 34.9 Å². The number of aliphatic carboxylic acids is 1. The number of anilines is 1. The third-order valence-corrected chi connectivity index (χ3v) is 8.66. The first-order valence-electron chi connectivity index (χ1n) is 10.2. The zero-order valence-corrected chi connectivity index (χ0v) is 20.4. The fourth-order valence-electron chi connectivity index (χ4n) is 3.39. The van der Waals surface area contributed by atoms with Crippen molar-refractivity contribution in [3.63, 3.8) is 0 Å². The van der Waals surface area contributed by atoms with Crippen LogP contribution in [0.1, 0.15) is 19.0 Å². The first-order valence-corrected chi connectivity index (χ1v) is 13.1. The van der Waals surface area contributed by atoms with E-state index in [4.69, 9.17) is 10.6 Å². The number of rotatable bonds is 10. The second-order valence-electron chi connectivity index (χ2n) is 7.65. The molecule has 2 aliphatic rings. The number of amides is 2. The predicted molar refractivity (Wildman–Crippen MR) is 126 cm³/mol. The average molecular weight is 527 g/mol. The Morgan fingerprint density at radius 2 is 2.35 bits per heavy atom. The van der Waals surface area contributed by atoms with Crippen molar-refractivity contribution in [2.45, 2.75) is 29.8 Å². The lowest BCUT2D eigenvalue weighted by Crippen LogP contribution is -2.74. The van der Waals surface area contributed by atoms with Gasteiger partial charge in [0.15, 0.2) is 10.8 Å². The van der Waals surface area contributed by atoms with E-state index in [0.29, 0.717) is 18.1 Å². The molecule has 4 heterocycles. The van der Waals surface area contributed by atoms with Crippen molar-refractivity contribution < 1.29 is 24.3 Å². The molecule has 16 heteroatoms. The Balaban J connectivity index is 1.42. The molecule has 0 aromatic carbocycles. The van der Waals surface area contributed by atoms with Gasteiger partial charge in [-0.05, 0) is 6.42 Å². The monoisotopic (exact) mass is 526 g/mol. The van der Waals surface area contributed by atoms with Gasteiger partial charge in [0.2, 0.25) is 5.91 Å². The van der Waals surface area contributed by atoms with Crippen LogP contribution in [0.15, 0.2) is 21.8 Å². The van der Waals surface area contributed by atoms with Gasteiger partial charge in [0.25, 0.3) is 5.91 Å². The molecule has 2 unspecified atom stereocenters. The Labute approximate surface area is 206 Å². The van der Waals surface area contributed by atoms with Crippen LogP contribution in [-0.2, 0) is 19.2 Å². The van der Waals surface area contributed by atoms with Crippen molar-refractivity contribution >= 4 is 63.5 Å². The Kier molecular flexibility index (Phi) is 7.27. The second-order valence-corrected chi connectivity index (χ2v) is 10.6. The zero-order chi connectivity index (χ0) is 24.3. The number of nitrogen functional groups attached to an aromatic ring is 1. The Hall–Kier alpha value is -2.85. The number of hydrogen-bond acceptors (Lipinski definition) is 12. The van der Waals surface area contributed by atoms with Crippen LogP contribution in [-0.4, -0.2) is 90.0 Å². The smallest absolute Gasteiger partial charge is 0.313 e.